The molecule has 3 rings (SSSR count). The topological polar surface area (TPSA) is 58.6 Å². The molecule has 0 aliphatic carbocycles. The largest absolute Gasteiger partial charge is 0.495 e. The number of hydrogen-bond donors (Lipinski definition) is 1. The van der Waals surface area contributed by atoms with E-state index in [1.165, 1.54) is 0 Å². The van der Waals surface area contributed by atoms with Gasteiger partial charge in [-0.1, -0.05) is 29.8 Å². The van der Waals surface area contributed by atoms with Gasteiger partial charge in [-0.2, -0.15) is 0 Å². The fourth-order valence-electron chi connectivity index (χ4n) is 2.95. The number of amides is 2. The van der Waals surface area contributed by atoms with Crippen LogP contribution >= 0.6 is 11.6 Å². The molecule has 1 N–H and O–H groups in total. The van der Waals surface area contributed by atoms with Crippen molar-refractivity contribution in [2.24, 2.45) is 5.92 Å². The standard InChI is InChI=1S/C19H19ClN2O3/c1-12-14(20)6-5-7-15(12)21-19(24)13-10-18(23)22(11-13)16-8-3-4-9-17(16)25-2/h3-9,13H,10-11H2,1-2H3,(H,21,24)/t13-/m0/s1. The van der Waals surface area contributed by atoms with E-state index >= 15 is 0 Å². The Hall–Kier alpha value is -2.53. The summed E-state index contributed by atoms with van der Waals surface area (Å²) in [7, 11) is 1.56. The number of carbonyl (C=O) groups excluding carboxylic acids is 2. The monoisotopic (exact) mass is 358 g/mol. The molecule has 0 bridgehead atoms. The zero-order valence-corrected chi connectivity index (χ0v) is 14.8. The Bertz CT molecular complexity index is 822. The Kier molecular flexibility index (Phi) is 4.95. The van der Waals surface area contributed by atoms with Gasteiger partial charge in [0.15, 0.2) is 0 Å². The predicted molar refractivity (Wildman–Crippen MR) is 98.3 cm³/mol. The Morgan fingerprint density at radius 1 is 1.24 bits per heavy atom. The van der Waals surface area contributed by atoms with E-state index in [1.54, 1.807) is 36.3 Å². The highest BCUT2D eigenvalue weighted by atomic mass is 35.5. The van der Waals surface area contributed by atoms with Gasteiger partial charge < -0.3 is 15.0 Å². The number of halogens is 1. The summed E-state index contributed by atoms with van der Waals surface area (Å²) in [5.74, 6) is -0.0815. The Labute approximate surface area is 151 Å². The molecule has 2 amide bonds. The normalized spacial score (nSPS) is 16.8. The summed E-state index contributed by atoms with van der Waals surface area (Å²) in [5, 5.41) is 3.47. The SMILES string of the molecule is COc1ccccc1N1C[C@@H](C(=O)Nc2cccc(Cl)c2C)CC1=O. The molecule has 25 heavy (non-hydrogen) atoms. The average molecular weight is 359 g/mol. The summed E-state index contributed by atoms with van der Waals surface area (Å²) in [6, 6.07) is 12.7. The van der Waals surface area contributed by atoms with Crippen LogP contribution in [-0.4, -0.2) is 25.5 Å². The quantitative estimate of drug-likeness (QED) is 0.907. The van der Waals surface area contributed by atoms with Crippen molar-refractivity contribution in [3.8, 4) is 5.75 Å². The van der Waals surface area contributed by atoms with Gasteiger partial charge in [0.25, 0.3) is 0 Å². The van der Waals surface area contributed by atoms with Crippen molar-refractivity contribution >= 4 is 34.8 Å². The van der Waals surface area contributed by atoms with Gasteiger partial charge in [0.05, 0.1) is 18.7 Å². The number of ether oxygens (including phenoxy) is 1. The van der Waals surface area contributed by atoms with Crippen LogP contribution in [0.1, 0.15) is 12.0 Å². The molecule has 1 saturated heterocycles. The minimum atomic E-state index is -0.421. The van der Waals surface area contributed by atoms with E-state index in [4.69, 9.17) is 16.3 Å². The molecule has 0 radical (unpaired) electrons. The van der Waals surface area contributed by atoms with Gasteiger partial charge in [0.2, 0.25) is 11.8 Å². The molecule has 5 nitrogen and oxygen atoms in total. The first-order valence-electron chi connectivity index (χ1n) is 8.00. The first-order valence-corrected chi connectivity index (χ1v) is 8.38. The Morgan fingerprint density at radius 3 is 2.76 bits per heavy atom. The summed E-state index contributed by atoms with van der Waals surface area (Å²) in [6.07, 6.45) is 0.170. The first-order chi connectivity index (χ1) is 12.0. The highest BCUT2D eigenvalue weighted by Crippen LogP contribution is 2.33. The number of para-hydroxylation sites is 2. The summed E-state index contributed by atoms with van der Waals surface area (Å²) in [4.78, 5) is 26.6. The second-order valence-electron chi connectivity index (χ2n) is 5.98. The Morgan fingerprint density at radius 2 is 2.00 bits per heavy atom. The minimum Gasteiger partial charge on any atom is -0.495 e. The molecule has 0 unspecified atom stereocenters. The van der Waals surface area contributed by atoms with Crippen LogP contribution in [-0.2, 0) is 9.59 Å². The lowest BCUT2D eigenvalue weighted by Gasteiger charge is -2.19. The maximum atomic E-state index is 12.6. The van der Waals surface area contributed by atoms with Gasteiger partial charge in [-0.15, -0.1) is 0 Å². The molecule has 2 aromatic carbocycles. The van der Waals surface area contributed by atoms with Gasteiger partial charge in [0.1, 0.15) is 5.75 Å². The van der Waals surface area contributed by atoms with E-state index in [9.17, 15) is 9.59 Å². The van der Waals surface area contributed by atoms with E-state index in [-0.39, 0.29) is 18.2 Å². The second kappa shape index (κ2) is 7.15. The molecule has 1 heterocycles. The highest BCUT2D eigenvalue weighted by molar-refractivity contribution is 6.31. The molecule has 1 aliphatic rings. The third-order valence-corrected chi connectivity index (χ3v) is 4.81. The average Bonchev–Trinajstić information content (AvgIpc) is 3.00. The summed E-state index contributed by atoms with van der Waals surface area (Å²) >= 11 is 6.09. The number of nitrogens with one attached hydrogen (secondary N) is 1. The number of methoxy groups -OCH3 is 1. The predicted octanol–water partition coefficient (Wildman–Crippen LogP) is 3.65. The van der Waals surface area contributed by atoms with Gasteiger partial charge in [-0.25, -0.2) is 0 Å². The van der Waals surface area contributed by atoms with Crippen LogP contribution in [0.4, 0.5) is 11.4 Å². The van der Waals surface area contributed by atoms with E-state index in [1.807, 2.05) is 25.1 Å². The van der Waals surface area contributed by atoms with Crippen LogP contribution in [0.15, 0.2) is 42.5 Å². The molecular weight excluding hydrogens is 340 g/mol. The molecule has 1 aliphatic heterocycles. The third-order valence-electron chi connectivity index (χ3n) is 4.40. The lowest BCUT2D eigenvalue weighted by atomic mass is 10.1. The van der Waals surface area contributed by atoms with Crippen LogP contribution in [0.5, 0.6) is 5.75 Å². The minimum absolute atomic E-state index is 0.0903. The maximum absolute atomic E-state index is 12.6. The molecule has 2 aromatic rings. The molecular formula is C19H19ClN2O3. The fourth-order valence-corrected chi connectivity index (χ4v) is 3.12. The van der Waals surface area contributed by atoms with Crippen molar-refractivity contribution in [3.05, 3.63) is 53.1 Å². The Balaban J connectivity index is 1.76. The molecule has 0 saturated carbocycles. The molecule has 130 valence electrons. The van der Waals surface area contributed by atoms with Crippen molar-refractivity contribution in [1.29, 1.82) is 0 Å². The smallest absolute Gasteiger partial charge is 0.229 e. The van der Waals surface area contributed by atoms with Crippen LogP contribution in [0.2, 0.25) is 5.02 Å². The van der Waals surface area contributed by atoms with Gasteiger partial charge in [-0.3, -0.25) is 9.59 Å². The first kappa shape index (κ1) is 17.3. The molecule has 0 spiro atoms. The lowest BCUT2D eigenvalue weighted by molar-refractivity contribution is -0.122. The number of rotatable bonds is 4. The van der Waals surface area contributed by atoms with Crippen molar-refractivity contribution < 1.29 is 14.3 Å². The third kappa shape index (κ3) is 3.46. The summed E-state index contributed by atoms with van der Waals surface area (Å²) < 4.78 is 5.32. The summed E-state index contributed by atoms with van der Waals surface area (Å²) in [6.45, 7) is 2.17. The number of benzene rings is 2. The zero-order chi connectivity index (χ0) is 18.0. The molecule has 0 aromatic heterocycles. The fraction of sp³-hybridized carbons (Fsp3) is 0.263. The lowest BCUT2D eigenvalue weighted by Crippen LogP contribution is -2.28. The van der Waals surface area contributed by atoms with Crippen molar-refractivity contribution in [2.75, 3.05) is 23.9 Å². The van der Waals surface area contributed by atoms with Crippen LogP contribution in [0.25, 0.3) is 0 Å². The summed E-state index contributed by atoms with van der Waals surface area (Å²) in [5.41, 5.74) is 2.16. The number of nitrogens with zero attached hydrogens (tertiary/aromatic N) is 1. The van der Waals surface area contributed by atoms with Crippen molar-refractivity contribution in [1.82, 2.24) is 0 Å². The van der Waals surface area contributed by atoms with E-state index < -0.39 is 5.92 Å². The van der Waals surface area contributed by atoms with E-state index in [0.29, 0.717) is 28.7 Å². The number of anilines is 2. The number of carbonyl (C=O) groups is 2. The second-order valence-corrected chi connectivity index (χ2v) is 6.39. The van der Waals surface area contributed by atoms with Gasteiger partial charge in [0, 0.05) is 23.7 Å². The van der Waals surface area contributed by atoms with Crippen LogP contribution < -0.4 is 15.0 Å². The molecule has 1 atom stereocenters. The van der Waals surface area contributed by atoms with Crippen LogP contribution in [0.3, 0.4) is 0 Å². The molecule has 6 heteroatoms. The maximum Gasteiger partial charge on any atom is 0.229 e. The van der Waals surface area contributed by atoms with Crippen molar-refractivity contribution in [3.63, 3.8) is 0 Å². The zero-order valence-electron chi connectivity index (χ0n) is 14.1. The van der Waals surface area contributed by atoms with E-state index in [0.717, 1.165) is 5.56 Å². The van der Waals surface area contributed by atoms with Gasteiger partial charge in [-0.05, 0) is 36.8 Å². The van der Waals surface area contributed by atoms with Gasteiger partial charge >= 0.3 is 0 Å². The van der Waals surface area contributed by atoms with Crippen LogP contribution in [0, 0.1) is 12.8 Å². The van der Waals surface area contributed by atoms with E-state index in [2.05, 4.69) is 5.32 Å². The van der Waals surface area contributed by atoms with Crippen molar-refractivity contribution in [2.45, 2.75) is 13.3 Å². The number of hydrogen-bond acceptors (Lipinski definition) is 3. The highest BCUT2D eigenvalue weighted by Gasteiger charge is 2.36. The molecule has 1 fully saturated rings.